The third-order valence-electron chi connectivity index (χ3n) is 4.16. The number of rotatable bonds is 5. The van der Waals surface area contributed by atoms with Gasteiger partial charge in [-0.1, -0.05) is 42.5 Å². The second-order valence-electron chi connectivity index (χ2n) is 5.86. The van der Waals surface area contributed by atoms with E-state index < -0.39 is 11.9 Å². The number of benzene rings is 2. The highest BCUT2D eigenvalue weighted by atomic mass is 19.1. The number of halogens is 1. The van der Waals surface area contributed by atoms with Crippen LogP contribution in [-0.2, 0) is 11.3 Å². The molecular weight excluding hydrogens is 307 g/mol. The summed E-state index contributed by atoms with van der Waals surface area (Å²) in [5, 5.41) is 3.07. The predicted octanol–water partition coefficient (Wildman–Crippen LogP) is 2.40. The molecule has 1 heterocycles. The van der Waals surface area contributed by atoms with Crippen molar-refractivity contribution in [2.24, 2.45) is 0 Å². The molecule has 3 rings (SSSR count). The Bertz CT molecular complexity index is 733. The Labute approximate surface area is 140 Å². The lowest BCUT2D eigenvalue weighted by Gasteiger charge is -2.33. The summed E-state index contributed by atoms with van der Waals surface area (Å²) in [6, 6.07) is 15.0. The van der Waals surface area contributed by atoms with Gasteiger partial charge in [-0.15, -0.1) is 0 Å². The summed E-state index contributed by atoms with van der Waals surface area (Å²) in [4.78, 5) is 26.6. The fourth-order valence-electron chi connectivity index (χ4n) is 2.89. The van der Waals surface area contributed by atoms with Gasteiger partial charge in [0.15, 0.2) is 5.78 Å². The molecule has 1 aliphatic heterocycles. The molecule has 1 N–H and O–H groups in total. The van der Waals surface area contributed by atoms with Gasteiger partial charge in [0, 0.05) is 26.1 Å². The van der Waals surface area contributed by atoms with Crippen LogP contribution in [0.5, 0.6) is 0 Å². The van der Waals surface area contributed by atoms with E-state index in [-0.39, 0.29) is 23.7 Å². The van der Waals surface area contributed by atoms with E-state index in [1.807, 2.05) is 30.3 Å². The molecule has 0 aliphatic carbocycles. The standard InChI is InChI=1S/C19H19FN2O2/c20-16-9-5-4-8-15(16)18(23)12-17-19(24)22(11-10-21-17)13-14-6-2-1-3-7-14/h1-9,17,21H,10-13H2. The average molecular weight is 326 g/mol. The van der Waals surface area contributed by atoms with Crippen molar-refractivity contribution in [2.45, 2.75) is 19.0 Å². The van der Waals surface area contributed by atoms with Gasteiger partial charge in [0.2, 0.25) is 5.91 Å². The molecule has 5 heteroatoms. The third kappa shape index (κ3) is 3.68. The van der Waals surface area contributed by atoms with Crippen LogP contribution in [0.15, 0.2) is 54.6 Å². The van der Waals surface area contributed by atoms with E-state index in [4.69, 9.17) is 0 Å². The lowest BCUT2D eigenvalue weighted by molar-refractivity contribution is -0.136. The van der Waals surface area contributed by atoms with Crippen molar-refractivity contribution in [3.05, 3.63) is 71.5 Å². The molecular formula is C19H19FN2O2. The van der Waals surface area contributed by atoms with Crippen LogP contribution in [0.2, 0.25) is 0 Å². The zero-order valence-corrected chi connectivity index (χ0v) is 13.2. The minimum absolute atomic E-state index is 0.0345. The second-order valence-corrected chi connectivity index (χ2v) is 5.86. The van der Waals surface area contributed by atoms with Gasteiger partial charge in [0.05, 0.1) is 11.6 Å². The van der Waals surface area contributed by atoms with Gasteiger partial charge >= 0.3 is 0 Å². The lowest BCUT2D eigenvalue weighted by atomic mass is 10.0. The van der Waals surface area contributed by atoms with E-state index in [1.54, 1.807) is 11.0 Å². The third-order valence-corrected chi connectivity index (χ3v) is 4.16. The van der Waals surface area contributed by atoms with Crippen molar-refractivity contribution in [1.82, 2.24) is 10.2 Å². The molecule has 4 nitrogen and oxygen atoms in total. The number of carbonyl (C=O) groups is 2. The van der Waals surface area contributed by atoms with E-state index in [0.29, 0.717) is 19.6 Å². The smallest absolute Gasteiger partial charge is 0.240 e. The number of nitrogens with one attached hydrogen (secondary N) is 1. The predicted molar refractivity (Wildman–Crippen MR) is 89.0 cm³/mol. The Morgan fingerprint density at radius 1 is 1.12 bits per heavy atom. The molecule has 2 aromatic carbocycles. The van der Waals surface area contributed by atoms with Gasteiger partial charge in [0.1, 0.15) is 5.82 Å². The number of amides is 1. The fourth-order valence-corrected chi connectivity index (χ4v) is 2.89. The summed E-state index contributed by atoms with van der Waals surface area (Å²) in [7, 11) is 0. The maximum Gasteiger partial charge on any atom is 0.240 e. The quantitative estimate of drug-likeness (QED) is 0.859. The molecule has 0 radical (unpaired) electrons. The summed E-state index contributed by atoms with van der Waals surface area (Å²) in [6.07, 6.45) is -0.0367. The first kappa shape index (κ1) is 16.3. The lowest BCUT2D eigenvalue weighted by Crippen LogP contribution is -2.55. The summed E-state index contributed by atoms with van der Waals surface area (Å²) in [5.41, 5.74) is 1.08. The van der Waals surface area contributed by atoms with Crippen molar-refractivity contribution < 1.29 is 14.0 Å². The number of ketones is 1. The molecule has 1 fully saturated rings. The Kier molecular flexibility index (Phi) is 5.01. The zero-order chi connectivity index (χ0) is 16.9. The fraction of sp³-hybridized carbons (Fsp3) is 0.263. The summed E-state index contributed by atoms with van der Waals surface area (Å²) < 4.78 is 13.7. The summed E-state index contributed by atoms with van der Waals surface area (Å²) in [6.45, 7) is 1.73. The van der Waals surface area contributed by atoms with Gasteiger partial charge in [-0.05, 0) is 17.7 Å². The highest BCUT2D eigenvalue weighted by Crippen LogP contribution is 2.15. The SMILES string of the molecule is O=C(CC1NCCN(Cc2ccccc2)C1=O)c1ccccc1F. The van der Waals surface area contributed by atoms with Gasteiger partial charge in [-0.2, -0.15) is 0 Å². The number of hydrogen-bond donors (Lipinski definition) is 1. The van der Waals surface area contributed by atoms with Gasteiger partial charge < -0.3 is 10.2 Å². The molecule has 1 amide bonds. The summed E-state index contributed by atoms with van der Waals surface area (Å²) >= 11 is 0. The van der Waals surface area contributed by atoms with Crippen LogP contribution in [0, 0.1) is 5.82 Å². The minimum atomic E-state index is -0.602. The monoisotopic (exact) mass is 326 g/mol. The van der Waals surface area contributed by atoms with E-state index in [1.165, 1.54) is 18.2 Å². The molecule has 24 heavy (non-hydrogen) atoms. The van der Waals surface area contributed by atoms with E-state index >= 15 is 0 Å². The van der Waals surface area contributed by atoms with Crippen LogP contribution < -0.4 is 5.32 Å². The van der Waals surface area contributed by atoms with Crippen LogP contribution in [0.1, 0.15) is 22.3 Å². The van der Waals surface area contributed by atoms with E-state index in [0.717, 1.165) is 5.56 Å². The number of carbonyl (C=O) groups excluding carboxylic acids is 2. The Morgan fingerprint density at radius 3 is 2.58 bits per heavy atom. The normalized spacial score (nSPS) is 17.8. The van der Waals surface area contributed by atoms with E-state index in [2.05, 4.69) is 5.32 Å². The van der Waals surface area contributed by atoms with Crippen LogP contribution in [0.25, 0.3) is 0 Å². The topological polar surface area (TPSA) is 49.4 Å². The van der Waals surface area contributed by atoms with Crippen LogP contribution in [-0.4, -0.2) is 35.7 Å². The Balaban J connectivity index is 1.67. The van der Waals surface area contributed by atoms with Crippen LogP contribution >= 0.6 is 0 Å². The molecule has 1 aliphatic rings. The first-order valence-electron chi connectivity index (χ1n) is 7.99. The summed E-state index contributed by atoms with van der Waals surface area (Å²) in [5.74, 6) is -1.03. The first-order valence-corrected chi connectivity index (χ1v) is 7.99. The zero-order valence-electron chi connectivity index (χ0n) is 13.2. The molecule has 1 atom stereocenters. The molecule has 1 unspecified atom stereocenters. The van der Waals surface area contributed by atoms with Crippen molar-refractivity contribution in [3.63, 3.8) is 0 Å². The first-order chi connectivity index (χ1) is 11.6. The van der Waals surface area contributed by atoms with Crippen molar-refractivity contribution in [3.8, 4) is 0 Å². The highest BCUT2D eigenvalue weighted by Gasteiger charge is 2.30. The Morgan fingerprint density at radius 2 is 1.83 bits per heavy atom. The second kappa shape index (κ2) is 7.36. The molecule has 2 aromatic rings. The number of hydrogen-bond acceptors (Lipinski definition) is 3. The van der Waals surface area contributed by atoms with Gasteiger partial charge in [-0.3, -0.25) is 9.59 Å². The molecule has 0 saturated carbocycles. The molecule has 124 valence electrons. The van der Waals surface area contributed by atoms with Crippen molar-refractivity contribution in [2.75, 3.05) is 13.1 Å². The Hall–Kier alpha value is -2.53. The molecule has 1 saturated heterocycles. The number of Topliss-reactive ketones (excluding diaryl/α,β-unsaturated/α-hetero) is 1. The van der Waals surface area contributed by atoms with Gasteiger partial charge in [0.25, 0.3) is 0 Å². The van der Waals surface area contributed by atoms with Gasteiger partial charge in [-0.25, -0.2) is 4.39 Å². The molecule has 0 aromatic heterocycles. The van der Waals surface area contributed by atoms with Crippen molar-refractivity contribution in [1.29, 1.82) is 0 Å². The number of piperazine rings is 1. The average Bonchev–Trinajstić information content (AvgIpc) is 2.60. The van der Waals surface area contributed by atoms with E-state index in [9.17, 15) is 14.0 Å². The largest absolute Gasteiger partial charge is 0.336 e. The maximum atomic E-state index is 13.7. The molecule has 0 spiro atoms. The maximum absolute atomic E-state index is 13.7. The highest BCUT2D eigenvalue weighted by molar-refractivity contribution is 5.99. The van der Waals surface area contributed by atoms with Crippen molar-refractivity contribution >= 4 is 11.7 Å². The molecule has 0 bridgehead atoms. The van der Waals surface area contributed by atoms with Crippen LogP contribution in [0.4, 0.5) is 4.39 Å². The minimum Gasteiger partial charge on any atom is -0.336 e. The van der Waals surface area contributed by atoms with Crippen LogP contribution in [0.3, 0.4) is 0 Å². The number of nitrogens with zero attached hydrogens (tertiary/aromatic N) is 1.